The number of hydrogen-bond acceptors (Lipinski definition) is 2. The number of phenolic OH excluding ortho intramolecular Hbond substituents is 1. The molecule has 0 aromatic heterocycles. The fraction of sp³-hybridized carbons (Fsp3) is 0. The maximum atomic E-state index is 9.61. The van der Waals surface area contributed by atoms with Crippen LogP contribution >= 0.6 is 0 Å². The zero-order valence-corrected chi connectivity index (χ0v) is 10.7. The van der Waals surface area contributed by atoms with E-state index in [1.165, 1.54) is 10.4 Å². The van der Waals surface area contributed by atoms with E-state index in [1.807, 2.05) is 30.4 Å². The van der Waals surface area contributed by atoms with Crippen LogP contribution in [0.1, 0.15) is 0 Å². The van der Waals surface area contributed by atoms with Crippen LogP contribution < -0.4 is 10.4 Å². The minimum atomic E-state index is 0.292. The van der Waals surface area contributed by atoms with Crippen molar-refractivity contribution in [3.05, 3.63) is 77.1 Å². The molecule has 96 valence electrons. The highest BCUT2D eigenvalue weighted by Crippen LogP contribution is 2.20. The van der Waals surface area contributed by atoms with Gasteiger partial charge in [0.1, 0.15) is 5.75 Å². The van der Waals surface area contributed by atoms with E-state index in [0.29, 0.717) is 5.75 Å². The Morgan fingerprint density at radius 1 is 1.00 bits per heavy atom. The van der Waals surface area contributed by atoms with E-state index in [2.05, 4.69) is 12.1 Å². The van der Waals surface area contributed by atoms with Crippen LogP contribution in [0, 0.1) is 0 Å². The molecule has 0 unspecified atom stereocenters. The van der Waals surface area contributed by atoms with E-state index in [1.54, 1.807) is 24.7 Å². The summed E-state index contributed by atoms with van der Waals surface area (Å²) in [5.74, 6) is 0.292. The van der Waals surface area contributed by atoms with Crippen LogP contribution in [-0.2, 0) is 4.74 Å². The summed E-state index contributed by atoms with van der Waals surface area (Å²) in [4.78, 5) is 0. The van der Waals surface area contributed by atoms with Crippen LogP contribution in [0.5, 0.6) is 5.75 Å². The lowest BCUT2D eigenvalue weighted by Crippen LogP contribution is -2.27. The number of hydrogen-bond donors (Lipinski definition) is 1. The van der Waals surface area contributed by atoms with Crippen molar-refractivity contribution in [2.24, 2.45) is 0 Å². The van der Waals surface area contributed by atoms with E-state index < -0.39 is 0 Å². The fourth-order valence-electron chi connectivity index (χ4n) is 2.76. The molecule has 0 amide bonds. The first-order valence-electron chi connectivity index (χ1n) is 6.50. The van der Waals surface area contributed by atoms with Gasteiger partial charge in [0.15, 0.2) is 0 Å². The second-order valence-corrected chi connectivity index (χ2v) is 4.88. The summed E-state index contributed by atoms with van der Waals surface area (Å²) in [6.45, 7) is 0. The molecule has 1 N–H and O–H groups in total. The second kappa shape index (κ2) is 4.14. The van der Waals surface area contributed by atoms with Gasteiger partial charge in [0.25, 0.3) is 0 Å². The third kappa shape index (κ3) is 1.58. The number of fused-ring (bicyclic) bond motifs is 4. The van der Waals surface area contributed by atoms with Crippen molar-refractivity contribution in [2.45, 2.75) is 0 Å². The molecule has 0 fully saturated rings. The summed E-state index contributed by atoms with van der Waals surface area (Å²) in [5, 5.41) is 14.1. The Morgan fingerprint density at radius 3 is 2.90 bits per heavy atom. The molecule has 2 nitrogen and oxygen atoms in total. The molecule has 0 radical (unpaired) electrons. The maximum absolute atomic E-state index is 9.61. The Balaban J connectivity index is 2.22. The Morgan fingerprint density at radius 2 is 1.95 bits per heavy atom. The van der Waals surface area contributed by atoms with Gasteiger partial charge in [-0.15, -0.1) is 0 Å². The van der Waals surface area contributed by atoms with Crippen LogP contribution in [0.3, 0.4) is 0 Å². The molecule has 4 rings (SSSR count). The number of ether oxygens (including phenoxy) is 1. The second-order valence-electron chi connectivity index (χ2n) is 4.88. The molecule has 0 saturated carbocycles. The molecule has 0 spiro atoms. The largest absolute Gasteiger partial charge is 0.508 e. The molecule has 1 aliphatic heterocycles. The lowest BCUT2D eigenvalue weighted by molar-refractivity contribution is 0.397. The van der Waals surface area contributed by atoms with Crippen molar-refractivity contribution in [3.63, 3.8) is 0 Å². The number of aromatic hydroxyl groups is 1. The average molecular weight is 260 g/mol. The Labute approximate surface area is 115 Å². The third-order valence-corrected chi connectivity index (χ3v) is 3.69. The van der Waals surface area contributed by atoms with Gasteiger partial charge in [0, 0.05) is 5.57 Å². The molecular weight excluding hydrogens is 248 g/mol. The monoisotopic (exact) mass is 260 g/mol. The van der Waals surface area contributed by atoms with E-state index in [0.717, 1.165) is 21.9 Å². The molecule has 0 saturated heterocycles. The molecule has 2 aromatic carbocycles. The summed E-state index contributed by atoms with van der Waals surface area (Å²) in [5.41, 5.74) is 2.23. The zero-order chi connectivity index (χ0) is 13.5. The predicted molar refractivity (Wildman–Crippen MR) is 80.2 cm³/mol. The third-order valence-electron chi connectivity index (χ3n) is 3.69. The first-order chi connectivity index (χ1) is 9.83. The van der Waals surface area contributed by atoms with Gasteiger partial charge in [-0.2, -0.15) is 0 Å². The molecule has 1 heterocycles. The molecule has 1 aliphatic carbocycles. The number of allylic oxidation sites excluding steroid dienone is 4. The minimum absolute atomic E-state index is 0.292. The highest BCUT2D eigenvalue weighted by molar-refractivity contribution is 5.88. The topological polar surface area (TPSA) is 29.5 Å². The molecule has 0 bridgehead atoms. The molecule has 20 heavy (non-hydrogen) atoms. The van der Waals surface area contributed by atoms with Crippen molar-refractivity contribution < 1.29 is 9.84 Å². The molecule has 2 heteroatoms. The van der Waals surface area contributed by atoms with Gasteiger partial charge in [-0.05, 0) is 45.0 Å². The smallest absolute Gasteiger partial charge is 0.116 e. The lowest BCUT2D eigenvalue weighted by atomic mass is 10.00. The SMILES string of the molecule is Oc1ccc2c3c(ccc2c1)=C1C=COC=C1C=CC=3. The number of phenols is 1. The number of benzene rings is 2. The van der Waals surface area contributed by atoms with Crippen LogP contribution in [0.2, 0.25) is 0 Å². The van der Waals surface area contributed by atoms with E-state index in [-0.39, 0.29) is 0 Å². The van der Waals surface area contributed by atoms with Crippen molar-refractivity contribution in [1.82, 2.24) is 0 Å². The van der Waals surface area contributed by atoms with Gasteiger partial charge in [-0.25, -0.2) is 0 Å². The Hall–Kier alpha value is -2.74. The van der Waals surface area contributed by atoms with Gasteiger partial charge >= 0.3 is 0 Å². The van der Waals surface area contributed by atoms with E-state index >= 15 is 0 Å². The zero-order valence-electron chi connectivity index (χ0n) is 10.7. The normalized spacial score (nSPS) is 15.8. The standard InChI is InChI=1S/C18H12O2/c19-14-5-7-15-12(10-14)4-6-18-16-8-9-20-11-13(16)2-1-3-17(15)18/h1-11,19H. The van der Waals surface area contributed by atoms with Crippen molar-refractivity contribution >= 4 is 22.4 Å². The van der Waals surface area contributed by atoms with E-state index in [4.69, 9.17) is 4.74 Å². The molecule has 2 aliphatic rings. The summed E-state index contributed by atoms with van der Waals surface area (Å²) in [6, 6.07) is 9.62. The van der Waals surface area contributed by atoms with Gasteiger partial charge in [0.05, 0.1) is 12.5 Å². The highest BCUT2D eigenvalue weighted by atomic mass is 16.5. The molecule has 2 aromatic rings. The van der Waals surface area contributed by atoms with Gasteiger partial charge in [0.2, 0.25) is 0 Å². The maximum Gasteiger partial charge on any atom is 0.116 e. The first-order valence-corrected chi connectivity index (χ1v) is 6.50. The first kappa shape index (κ1) is 11.1. The summed E-state index contributed by atoms with van der Waals surface area (Å²) < 4.78 is 5.25. The van der Waals surface area contributed by atoms with Gasteiger partial charge in [-0.1, -0.05) is 36.4 Å². The van der Waals surface area contributed by atoms with Crippen molar-refractivity contribution in [3.8, 4) is 5.75 Å². The summed E-state index contributed by atoms with van der Waals surface area (Å²) in [7, 11) is 0. The van der Waals surface area contributed by atoms with E-state index in [9.17, 15) is 5.11 Å². The van der Waals surface area contributed by atoms with Crippen LogP contribution in [0.15, 0.2) is 66.7 Å². The Kier molecular flexibility index (Phi) is 2.30. The minimum Gasteiger partial charge on any atom is -0.508 e. The van der Waals surface area contributed by atoms with Crippen molar-refractivity contribution in [2.75, 3.05) is 0 Å². The van der Waals surface area contributed by atoms with Crippen LogP contribution in [-0.4, -0.2) is 5.11 Å². The van der Waals surface area contributed by atoms with Gasteiger partial charge < -0.3 is 9.84 Å². The average Bonchev–Trinajstić information content (AvgIpc) is 2.66. The highest BCUT2D eigenvalue weighted by Gasteiger charge is 2.09. The van der Waals surface area contributed by atoms with Gasteiger partial charge in [-0.3, -0.25) is 0 Å². The summed E-state index contributed by atoms with van der Waals surface area (Å²) >= 11 is 0. The lowest BCUT2D eigenvalue weighted by Gasteiger charge is -2.09. The summed E-state index contributed by atoms with van der Waals surface area (Å²) in [6.07, 6.45) is 11.6. The molecular formula is C18H12O2. The molecule has 0 atom stereocenters. The predicted octanol–water partition coefficient (Wildman–Crippen LogP) is 2.47. The van der Waals surface area contributed by atoms with Crippen LogP contribution in [0.4, 0.5) is 0 Å². The fourth-order valence-corrected chi connectivity index (χ4v) is 2.76. The van der Waals surface area contributed by atoms with Crippen molar-refractivity contribution in [1.29, 1.82) is 0 Å². The van der Waals surface area contributed by atoms with Crippen LogP contribution in [0.25, 0.3) is 22.4 Å². The Bertz CT molecular complexity index is 928. The number of rotatable bonds is 0. The quantitative estimate of drug-likeness (QED) is 0.788.